The fraction of sp³-hybridized carbons (Fsp3) is 0.600. The molecule has 1 saturated heterocycles. The van der Waals surface area contributed by atoms with Crippen molar-refractivity contribution in [2.45, 2.75) is 39.9 Å². The highest BCUT2D eigenvalue weighted by Gasteiger charge is 2.19. The van der Waals surface area contributed by atoms with Gasteiger partial charge in [-0.05, 0) is 38.5 Å². The first-order valence-corrected chi connectivity index (χ1v) is 9.37. The predicted octanol–water partition coefficient (Wildman–Crippen LogP) is 2.15. The monoisotopic (exact) mass is 378 g/mol. The summed E-state index contributed by atoms with van der Waals surface area (Å²) in [6.45, 7) is 11.0. The molecule has 0 bridgehead atoms. The number of carbonyl (C=O) groups is 2. The minimum absolute atomic E-state index is 0.247. The Bertz CT molecular complexity index is 631. The second-order valence-corrected chi connectivity index (χ2v) is 6.71. The first kappa shape index (κ1) is 21.2. The third-order valence-electron chi connectivity index (χ3n) is 4.79. The van der Waals surface area contributed by atoms with Gasteiger partial charge in [-0.3, -0.25) is 9.59 Å². The average Bonchev–Trinajstić information content (AvgIpc) is 2.66. The number of amides is 1. The van der Waals surface area contributed by atoms with Crippen LogP contribution < -0.4 is 9.80 Å². The lowest BCUT2D eigenvalue weighted by molar-refractivity contribution is -0.152. The first-order valence-electron chi connectivity index (χ1n) is 9.37. The number of ether oxygens (including phenoxy) is 3. The lowest BCUT2D eigenvalue weighted by Crippen LogP contribution is -2.37. The van der Waals surface area contributed by atoms with Crippen LogP contribution in [0.1, 0.15) is 26.3 Å². The Balaban J connectivity index is 1.98. The standard InChI is InChI=1S/C20H30N2O5/c1-15-19(21-8-11-25-12-9-21)6-5-7-20(15)22(14-23)10-13-26-16(2)17(3)27-18(4)24/h5-7,14,16-17H,8-13H2,1-4H3/t16-,17-/m0/s1. The van der Waals surface area contributed by atoms with Crippen LogP contribution in [0.15, 0.2) is 18.2 Å². The fourth-order valence-electron chi connectivity index (χ4n) is 3.13. The lowest BCUT2D eigenvalue weighted by atomic mass is 10.1. The molecule has 0 aromatic heterocycles. The number of nitrogens with zero attached hydrogens (tertiary/aromatic N) is 2. The number of morpholine rings is 1. The summed E-state index contributed by atoms with van der Waals surface area (Å²) in [5.41, 5.74) is 3.06. The maximum atomic E-state index is 11.7. The maximum Gasteiger partial charge on any atom is 0.302 e. The molecule has 1 amide bonds. The predicted molar refractivity (Wildman–Crippen MR) is 104 cm³/mol. The summed E-state index contributed by atoms with van der Waals surface area (Å²) in [6.07, 6.45) is 0.247. The molecule has 1 aliphatic heterocycles. The zero-order chi connectivity index (χ0) is 19.8. The third-order valence-corrected chi connectivity index (χ3v) is 4.79. The van der Waals surface area contributed by atoms with E-state index in [1.807, 2.05) is 26.0 Å². The number of esters is 1. The van der Waals surface area contributed by atoms with Crippen molar-refractivity contribution in [3.63, 3.8) is 0 Å². The van der Waals surface area contributed by atoms with Gasteiger partial charge in [0.25, 0.3) is 0 Å². The van der Waals surface area contributed by atoms with E-state index in [2.05, 4.69) is 11.0 Å². The molecule has 1 aliphatic rings. The Morgan fingerprint density at radius 1 is 1.30 bits per heavy atom. The molecule has 0 saturated carbocycles. The van der Waals surface area contributed by atoms with Crippen LogP contribution in [-0.4, -0.2) is 64.0 Å². The molecule has 0 radical (unpaired) electrons. The van der Waals surface area contributed by atoms with Gasteiger partial charge in [-0.1, -0.05) is 6.07 Å². The zero-order valence-corrected chi connectivity index (χ0v) is 16.6. The highest BCUT2D eigenvalue weighted by molar-refractivity contribution is 5.80. The molecule has 7 heteroatoms. The summed E-state index contributed by atoms with van der Waals surface area (Å²) in [6, 6.07) is 5.99. The molecule has 1 aromatic rings. The van der Waals surface area contributed by atoms with Crippen LogP contribution in [0.2, 0.25) is 0 Å². The van der Waals surface area contributed by atoms with E-state index in [1.54, 1.807) is 11.8 Å². The lowest BCUT2D eigenvalue weighted by Gasteiger charge is -2.32. The van der Waals surface area contributed by atoms with Gasteiger partial charge in [0, 0.05) is 37.9 Å². The summed E-state index contributed by atoms with van der Waals surface area (Å²) >= 11 is 0. The Morgan fingerprint density at radius 3 is 2.63 bits per heavy atom. The second kappa shape index (κ2) is 10.3. The van der Waals surface area contributed by atoms with Gasteiger partial charge in [-0.2, -0.15) is 0 Å². The fourth-order valence-corrected chi connectivity index (χ4v) is 3.13. The van der Waals surface area contributed by atoms with Crippen molar-refractivity contribution >= 4 is 23.8 Å². The Hall–Kier alpha value is -2.12. The van der Waals surface area contributed by atoms with Crippen molar-refractivity contribution < 1.29 is 23.8 Å². The van der Waals surface area contributed by atoms with E-state index in [0.717, 1.165) is 36.4 Å². The Morgan fingerprint density at radius 2 is 2.00 bits per heavy atom. The molecule has 1 aromatic carbocycles. The van der Waals surface area contributed by atoms with E-state index in [0.29, 0.717) is 26.4 Å². The molecule has 150 valence electrons. The largest absolute Gasteiger partial charge is 0.460 e. The molecule has 7 nitrogen and oxygen atoms in total. The van der Waals surface area contributed by atoms with E-state index >= 15 is 0 Å². The highest BCUT2D eigenvalue weighted by Crippen LogP contribution is 2.29. The molecule has 0 spiro atoms. The van der Waals surface area contributed by atoms with Gasteiger partial charge in [-0.15, -0.1) is 0 Å². The van der Waals surface area contributed by atoms with Crippen LogP contribution in [0.4, 0.5) is 11.4 Å². The van der Waals surface area contributed by atoms with Crippen molar-refractivity contribution in [2.75, 3.05) is 49.3 Å². The van der Waals surface area contributed by atoms with Crippen LogP contribution in [0.3, 0.4) is 0 Å². The van der Waals surface area contributed by atoms with Crippen LogP contribution in [0.5, 0.6) is 0 Å². The van der Waals surface area contributed by atoms with Gasteiger partial charge in [0.05, 0.1) is 25.9 Å². The van der Waals surface area contributed by atoms with E-state index in [-0.39, 0.29) is 18.2 Å². The van der Waals surface area contributed by atoms with Crippen molar-refractivity contribution in [2.24, 2.45) is 0 Å². The first-order chi connectivity index (χ1) is 12.9. The molecule has 0 unspecified atom stereocenters. The summed E-state index contributed by atoms with van der Waals surface area (Å²) in [5, 5.41) is 0. The topological polar surface area (TPSA) is 68.3 Å². The number of benzene rings is 1. The smallest absolute Gasteiger partial charge is 0.302 e. The molecule has 1 heterocycles. The van der Waals surface area contributed by atoms with Crippen molar-refractivity contribution in [3.8, 4) is 0 Å². The quantitative estimate of drug-likeness (QED) is 0.484. The van der Waals surface area contributed by atoms with Gasteiger partial charge < -0.3 is 24.0 Å². The normalized spacial score (nSPS) is 16.5. The molecular formula is C20H30N2O5. The average molecular weight is 378 g/mol. The molecule has 2 rings (SSSR count). The van der Waals surface area contributed by atoms with Gasteiger partial charge in [0.1, 0.15) is 6.10 Å². The number of hydrogen-bond acceptors (Lipinski definition) is 6. The SMILES string of the molecule is CC(=O)O[C@@H](C)[C@H](C)OCCN(C=O)c1cccc(N2CCOCC2)c1C. The van der Waals surface area contributed by atoms with Crippen LogP contribution in [-0.2, 0) is 23.8 Å². The summed E-state index contributed by atoms with van der Waals surface area (Å²) in [7, 11) is 0. The van der Waals surface area contributed by atoms with E-state index in [1.165, 1.54) is 6.92 Å². The molecule has 0 aliphatic carbocycles. The van der Waals surface area contributed by atoms with Crippen LogP contribution in [0, 0.1) is 6.92 Å². The molecule has 27 heavy (non-hydrogen) atoms. The summed E-state index contributed by atoms with van der Waals surface area (Å²) < 4.78 is 16.3. The van der Waals surface area contributed by atoms with Crippen LogP contribution in [0.25, 0.3) is 0 Å². The minimum atomic E-state index is -0.335. The number of rotatable bonds is 9. The number of hydrogen-bond donors (Lipinski definition) is 0. The van der Waals surface area contributed by atoms with Crippen molar-refractivity contribution in [1.29, 1.82) is 0 Å². The summed E-state index contributed by atoms with van der Waals surface area (Å²) in [4.78, 5) is 26.6. The molecular weight excluding hydrogens is 348 g/mol. The maximum absolute atomic E-state index is 11.7. The molecule has 1 fully saturated rings. The Labute approximate surface area is 161 Å². The van der Waals surface area contributed by atoms with Gasteiger partial charge in [0.15, 0.2) is 0 Å². The van der Waals surface area contributed by atoms with E-state index in [9.17, 15) is 9.59 Å². The minimum Gasteiger partial charge on any atom is -0.460 e. The number of anilines is 2. The Kier molecular flexibility index (Phi) is 8.06. The van der Waals surface area contributed by atoms with Gasteiger partial charge in [-0.25, -0.2) is 0 Å². The van der Waals surface area contributed by atoms with Gasteiger partial charge in [0.2, 0.25) is 6.41 Å². The van der Waals surface area contributed by atoms with Crippen molar-refractivity contribution in [3.05, 3.63) is 23.8 Å². The highest BCUT2D eigenvalue weighted by atomic mass is 16.6. The van der Waals surface area contributed by atoms with Gasteiger partial charge >= 0.3 is 5.97 Å². The van der Waals surface area contributed by atoms with E-state index in [4.69, 9.17) is 14.2 Å². The summed E-state index contributed by atoms with van der Waals surface area (Å²) in [5.74, 6) is -0.331. The third kappa shape index (κ3) is 5.94. The number of carbonyl (C=O) groups excluding carboxylic acids is 2. The zero-order valence-electron chi connectivity index (χ0n) is 16.6. The molecule has 2 atom stereocenters. The molecule has 0 N–H and O–H groups in total. The van der Waals surface area contributed by atoms with Crippen molar-refractivity contribution in [1.82, 2.24) is 0 Å². The second-order valence-electron chi connectivity index (χ2n) is 6.71. The van der Waals surface area contributed by atoms with Crippen LogP contribution >= 0.6 is 0 Å². The van der Waals surface area contributed by atoms with E-state index < -0.39 is 0 Å².